The third-order valence-corrected chi connectivity index (χ3v) is 10.7. The predicted molar refractivity (Wildman–Crippen MR) is 244 cm³/mol. The summed E-state index contributed by atoms with van der Waals surface area (Å²) >= 11 is 25.5. The Morgan fingerprint density at radius 1 is 0.594 bits per heavy atom. The topological polar surface area (TPSA) is 197 Å². The molecule has 0 fully saturated rings. The minimum absolute atomic E-state index is 0.0482. The normalized spacial score (nSPS) is 10.8. The molecule has 0 radical (unpaired) electrons. The Labute approximate surface area is 384 Å². The zero-order valence-electron chi connectivity index (χ0n) is 34.2. The quantitative estimate of drug-likeness (QED) is 0.0797. The van der Waals surface area contributed by atoms with Crippen molar-refractivity contribution in [2.45, 2.75) is 0 Å². The molecular weight excluding hydrogens is 912 g/mol. The van der Waals surface area contributed by atoms with Gasteiger partial charge in [-0.15, -0.1) is 0 Å². The summed E-state index contributed by atoms with van der Waals surface area (Å²) in [4.78, 5) is 47.7. The molecule has 0 aliphatic rings. The van der Waals surface area contributed by atoms with Gasteiger partial charge < -0.3 is 34.7 Å². The first-order valence-electron chi connectivity index (χ1n) is 18.6. The number of ether oxygens (including phenoxy) is 4. The number of fused-ring (bicyclic) bond motifs is 2. The molecule has 0 bridgehead atoms. The zero-order valence-corrected chi connectivity index (χ0v) is 37.3. The standard InChI is InChI=1S/C22H19Cl2N5O4.C21H16Cl2N4O4/c1-31-12-10-13(21(30)28-33-3)17(16(11-12)32-2)19-20(29-9-5-8-25-22(29)27-19)26-18-14(23)6-4-7-15(18)24;1-30-11-9-12(20(28)29)16(15(10-11)31-2)18-19(27-8-4-7-24-21(27)26-18)25-17-13(22)5-3-6-14(17)23/h4-11,26H,1-3H3,(H,28,30);3-10,25H,1-2H3,(H,28,29). The van der Waals surface area contributed by atoms with E-state index in [4.69, 9.17) is 70.2 Å². The Kier molecular flexibility index (Phi) is 13.8. The maximum Gasteiger partial charge on any atom is 0.336 e. The molecule has 8 aromatic rings. The molecule has 64 heavy (non-hydrogen) atoms. The van der Waals surface area contributed by atoms with Crippen LogP contribution in [-0.2, 0) is 4.84 Å². The number of halogens is 4. The predicted octanol–water partition coefficient (Wildman–Crippen LogP) is 9.92. The van der Waals surface area contributed by atoms with E-state index in [1.807, 2.05) is 0 Å². The molecule has 0 saturated carbocycles. The van der Waals surface area contributed by atoms with Crippen LogP contribution in [0.4, 0.5) is 23.0 Å². The second-order valence-electron chi connectivity index (χ2n) is 13.1. The van der Waals surface area contributed by atoms with E-state index in [9.17, 15) is 14.7 Å². The summed E-state index contributed by atoms with van der Waals surface area (Å²) in [6.07, 6.45) is 6.71. The number of nitrogens with one attached hydrogen (secondary N) is 3. The molecule has 21 heteroatoms. The van der Waals surface area contributed by atoms with Gasteiger partial charge in [0.05, 0.1) is 89.3 Å². The Morgan fingerprint density at radius 2 is 1.02 bits per heavy atom. The zero-order chi connectivity index (χ0) is 45.7. The highest BCUT2D eigenvalue weighted by Gasteiger charge is 2.28. The number of anilines is 4. The number of para-hydroxylation sites is 2. The van der Waals surface area contributed by atoms with Gasteiger partial charge in [0, 0.05) is 36.9 Å². The van der Waals surface area contributed by atoms with Gasteiger partial charge in [0.15, 0.2) is 0 Å². The molecule has 4 heterocycles. The second-order valence-corrected chi connectivity index (χ2v) is 14.7. The first kappa shape index (κ1) is 45.0. The molecule has 17 nitrogen and oxygen atoms in total. The minimum atomic E-state index is -1.17. The maximum atomic E-state index is 12.9. The number of carboxylic acid groups (broad SMARTS) is 1. The Balaban J connectivity index is 0.000000192. The van der Waals surface area contributed by atoms with Crippen molar-refractivity contribution in [1.29, 1.82) is 0 Å². The van der Waals surface area contributed by atoms with Crippen LogP contribution in [-0.4, -0.2) is 81.3 Å². The Hall–Kier alpha value is -7.02. The van der Waals surface area contributed by atoms with Gasteiger partial charge in [0.2, 0.25) is 11.6 Å². The third kappa shape index (κ3) is 8.92. The number of hydroxylamine groups is 1. The number of benzene rings is 4. The number of aromatic nitrogens is 6. The van der Waals surface area contributed by atoms with E-state index in [-0.39, 0.29) is 22.4 Å². The summed E-state index contributed by atoms with van der Waals surface area (Å²) < 4.78 is 25.1. The average Bonchev–Trinajstić information content (AvgIpc) is 3.85. The van der Waals surface area contributed by atoms with Crippen molar-refractivity contribution >= 4 is 92.8 Å². The summed E-state index contributed by atoms with van der Waals surface area (Å²) in [5.74, 6) is 1.32. The fraction of sp³-hybridized carbons (Fsp3) is 0.116. The van der Waals surface area contributed by atoms with Gasteiger partial charge in [-0.3, -0.25) is 18.4 Å². The molecule has 1 amide bonds. The van der Waals surface area contributed by atoms with Crippen LogP contribution in [0, 0.1) is 0 Å². The largest absolute Gasteiger partial charge is 0.497 e. The van der Waals surface area contributed by atoms with Gasteiger partial charge in [0.1, 0.15) is 46.0 Å². The van der Waals surface area contributed by atoms with Gasteiger partial charge in [-0.2, -0.15) is 0 Å². The molecule has 4 aromatic heterocycles. The second kappa shape index (κ2) is 19.6. The summed E-state index contributed by atoms with van der Waals surface area (Å²) in [6, 6.07) is 20.0. The van der Waals surface area contributed by atoms with Crippen molar-refractivity contribution < 1.29 is 38.5 Å². The first-order chi connectivity index (χ1) is 30.9. The van der Waals surface area contributed by atoms with Gasteiger partial charge in [-0.1, -0.05) is 58.5 Å². The summed E-state index contributed by atoms with van der Waals surface area (Å²) in [5.41, 5.74) is 4.75. The molecule has 328 valence electrons. The van der Waals surface area contributed by atoms with Gasteiger partial charge >= 0.3 is 5.97 Å². The summed E-state index contributed by atoms with van der Waals surface area (Å²) in [5, 5.41) is 17.9. The molecule has 0 aliphatic carbocycles. The number of hydrogen-bond acceptors (Lipinski definition) is 13. The van der Waals surface area contributed by atoms with Crippen LogP contribution in [0.15, 0.2) is 97.6 Å². The van der Waals surface area contributed by atoms with Crippen LogP contribution in [0.5, 0.6) is 23.0 Å². The lowest BCUT2D eigenvalue weighted by Crippen LogP contribution is -2.23. The van der Waals surface area contributed by atoms with Crippen molar-refractivity contribution in [3.8, 4) is 45.5 Å². The lowest BCUT2D eigenvalue weighted by molar-refractivity contribution is 0.0537. The monoisotopic (exact) mass is 945 g/mol. The fourth-order valence-electron chi connectivity index (χ4n) is 6.56. The van der Waals surface area contributed by atoms with Crippen LogP contribution < -0.4 is 35.1 Å². The number of carbonyl (C=O) groups excluding carboxylic acids is 1. The molecule has 0 aliphatic heterocycles. The number of aromatic carboxylic acids is 1. The third-order valence-electron chi connectivity index (χ3n) is 9.43. The van der Waals surface area contributed by atoms with Crippen molar-refractivity contribution in [3.05, 3.63) is 129 Å². The molecule has 0 saturated heterocycles. The summed E-state index contributed by atoms with van der Waals surface area (Å²) in [6.45, 7) is 0. The van der Waals surface area contributed by atoms with Crippen LogP contribution in [0.2, 0.25) is 20.1 Å². The number of rotatable bonds is 13. The summed E-state index contributed by atoms with van der Waals surface area (Å²) in [7, 11) is 7.21. The SMILES string of the molecule is CONC(=O)c1cc(OC)cc(OC)c1-c1nc2ncccn2c1Nc1c(Cl)cccc1Cl.COc1cc(OC)c(-c2nc3ncccn3c2Nc2c(Cl)cccc2Cl)c(C(=O)O)c1. The van der Waals surface area contributed by atoms with Crippen LogP contribution in [0.3, 0.4) is 0 Å². The van der Waals surface area contributed by atoms with E-state index in [1.54, 1.807) is 100 Å². The van der Waals surface area contributed by atoms with Gasteiger partial charge in [-0.25, -0.2) is 30.2 Å². The average molecular weight is 948 g/mol. The maximum absolute atomic E-state index is 12.9. The number of hydrogen-bond donors (Lipinski definition) is 4. The van der Waals surface area contributed by atoms with Crippen LogP contribution in [0.25, 0.3) is 34.1 Å². The molecule has 4 aromatic carbocycles. The van der Waals surface area contributed by atoms with E-state index in [0.29, 0.717) is 88.9 Å². The van der Waals surface area contributed by atoms with E-state index in [1.165, 1.54) is 41.6 Å². The highest BCUT2D eigenvalue weighted by Crippen LogP contribution is 2.45. The highest BCUT2D eigenvalue weighted by atomic mass is 35.5. The highest BCUT2D eigenvalue weighted by molar-refractivity contribution is 6.40. The van der Waals surface area contributed by atoms with E-state index in [0.717, 1.165) is 0 Å². The molecule has 0 unspecified atom stereocenters. The molecule has 8 rings (SSSR count). The van der Waals surface area contributed by atoms with Crippen LogP contribution >= 0.6 is 46.4 Å². The lowest BCUT2D eigenvalue weighted by Gasteiger charge is -2.16. The first-order valence-corrected chi connectivity index (χ1v) is 20.1. The number of methoxy groups -OCH3 is 4. The Bertz CT molecular complexity index is 3010. The van der Waals surface area contributed by atoms with Crippen molar-refractivity contribution in [1.82, 2.24) is 34.2 Å². The van der Waals surface area contributed by atoms with E-state index >= 15 is 0 Å². The number of nitrogens with zero attached hydrogens (tertiary/aromatic N) is 6. The molecule has 0 spiro atoms. The van der Waals surface area contributed by atoms with E-state index < -0.39 is 11.9 Å². The number of imidazole rings is 2. The van der Waals surface area contributed by atoms with Crippen LogP contribution in [0.1, 0.15) is 20.7 Å². The molecular formula is C43H35Cl4N9O8. The Morgan fingerprint density at radius 3 is 1.41 bits per heavy atom. The lowest BCUT2D eigenvalue weighted by atomic mass is 10.0. The smallest absolute Gasteiger partial charge is 0.336 e. The van der Waals surface area contributed by atoms with Crippen molar-refractivity contribution in [2.75, 3.05) is 46.2 Å². The van der Waals surface area contributed by atoms with Crippen molar-refractivity contribution in [2.24, 2.45) is 0 Å². The molecule has 4 N–H and O–H groups in total. The number of carbonyl (C=O) groups is 2. The fourth-order valence-corrected chi connectivity index (χ4v) is 7.54. The van der Waals surface area contributed by atoms with Gasteiger partial charge in [-0.05, 0) is 48.5 Å². The van der Waals surface area contributed by atoms with E-state index in [2.05, 4.69) is 36.0 Å². The van der Waals surface area contributed by atoms with Crippen molar-refractivity contribution in [3.63, 3.8) is 0 Å². The number of amides is 1. The van der Waals surface area contributed by atoms with Gasteiger partial charge in [0.25, 0.3) is 5.91 Å². The number of carboxylic acids is 1. The minimum Gasteiger partial charge on any atom is -0.497 e. The molecule has 0 atom stereocenters.